The fourth-order valence-corrected chi connectivity index (χ4v) is 12.4. The van der Waals surface area contributed by atoms with Crippen molar-refractivity contribution in [2.24, 2.45) is 56.7 Å². The highest BCUT2D eigenvalue weighted by molar-refractivity contribution is 5.71. The molecule has 0 aromatic carbocycles. The van der Waals surface area contributed by atoms with Crippen LogP contribution in [0, 0.1) is 56.7 Å². The van der Waals surface area contributed by atoms with Crippen LogP contribution in [0.3, 0.4) is 0 Å². The van der Waals surface area contributed by atoms with Gasteiger partial charge in [-0.2, -0.15) is 0 Å². The van der Waals surface area contributed by atoms with Gasteiger partial charge in [-0.1, -0.05) is 46.8 Å². The van der Waals surface area contributed by atoms with Gasteiger partial charge in [0.2, 0.25) is 0 Å². The number of methoxy groups -OCH3 is 2. The van der Waals surface area contributed by atoms with Crippen LogP contribution in [0.15, 0.2) is 12.2 Å². The lowest BCUT2D eigenvalue weighted by Gasteiger charge is -2.73. The number of allylic oxidation sites excluding steroid dienone is 1. The zero-order valence-electron chi connectivity index (χ0n) is 27.8. The molecule has 0 bridgehead atoms. The topological polar surface area (TPSA) is 71.1 Å². The minimum atomic E-state index is -0.245. The summed E-state index contributed by atoms with van der Waals surface area (Å²) in [5, 5.41) is 0. The molecular formula is C36H58O6. The van der Waals surface area contributed by atoms with Crippen LogP contribution in [0.2, 0.25) is 0 Å². The normalized spacial score (nSPS) is 45.5. The van der Waals surface area contributed by atoms with E-state index in [9.17, 15) is 9.59 Å². The summed E-state index contributed by atoms with van der Waals surface area (Å²) in [6.07, 6.45) is 11.5. The number of carbonyl (C=O) groups is 2. The average molecular weight is 587 g/mol. The maximum Gasteiger partial charge on any atom is 0.332 e. The molecule has 0 aliphatic heterocycles. The van der Waals surface area contributed by atoms with E-state index in [1.54, 1.807) is 14.2 Å². The summed E-state index contributed by atoms with van der Waals surface area (Å²) >= 11 is 0. The van der Waals surface area contributed by atoms with Crippen molar-refractivity contribution in [3.63, 3.8) is 0 Å². The second-order valence-electron chi connectivity index (χ2n) is 16.4. The Morgan fingerprint density at radius 1 is 0.762 bits per heavy atom. The molecule has 0 amide bonds. The third-order valence-electron chi connectivity index (χ3n) is 14.5. The predicted molar refractivity (Wildman–Crippen MR) is 164 cm³/mol. The molecule has 238 valence electrons. The van der Waals surface area contributed by atoms with E-state index < -0.39 is 0 Å². The van der Waals surface area contributed by atoms with E-state index in [-0.39, 0.29) is 58.3 Å². The van der Waals surface area contributed by atoms with Gasteiger partial charge in [0.15, 0.2) is 0 Å². The molecule has 0 radical (unpaired) electrons. The Balaban J connectivity index is 1.44. The number of esters is 2. The van der Waals surface area contributed by atoms with Gasteiger partial charge in [0.05, 0.1) is 6.61 Å². The molecule has 1 unspecified atom stereocenters. The van der Waals surface area contributed by atoms with E-state index in [0.717, 1.165) is 32.1 Å². The number of rotatable bonds is 8. The zero-order chi connectivity index (χ0) is 30.7. The van der Waals surface area contributed by atoms with E-state index in [0.29, 0.717) is 36.2 Å². The van der Waals surface area contributed by atoms with Crippen molar-refractivity contribution in [1.29, 1.82) is 0 Å². The number of carbonyl (C=O) groups excluding carboxylic acids is 2. The summed E-state index contributed by atoms with van der Waals surface area (Å²) in [7, 11) is 3.10. The van der Waals surface area contributed by atoms with Crippen molar-refractivity contribution in [3.8, 4) is 0 Å². The van der Waals surface area contributed by atoms with Gasteiger partial charge in [-0.15, -0.1) is 0 Å². The van der Waals surface area contributed by atoms with E-state index >= 15 is 0 Å². The molecule has 6 nitrogen and oxygen atoms in total. The zero-order valence-corrected chi connectivity index (χ0v) is 27.8. The molecule has 0 aromatic rings. The summed E-state index contributed by atoms with van der Waals surface area (Å²) < 4.78 is 22.1. The van der Waals surface area contributed by atoms with Crippen LogP contribution >= 0.6 is 0 Å². The van der Waals surface area contributed by atoms with Gasteiger partial charge in [0.25, 0.3) is 0 Å². The minimum Gasteiger partial charge on any atom is -0.463 e. The fourth-order valence-electron chi connectivity index (χ4n) is 12.4. The molecule has 6 heteroatoms. The van der Waals surface area contributed by atoms with Crippen LogP contribution in [0.4, 0.5) is 0 Å². The van der Waals surface area contributed by atoms with E-state index in [2.05, 4.69) is 48.1 Å². The van der Waals surface area contributed by atoms with Crippen molar-refractivity contribution in [1.82, 2.24) is 0 Å². The van der Waals surface area contributed by atoms with Crippen molar-refractivity contribution in [2.45, 2.75) is 112 Å². The standard InChI is InChI=1S/C36H58O6/c1-23(2)24-12-17-36(22-41-29(37)20-39-8)19-18-34(6)25(31(24)36)10-11-27-33(5)15-14-28(42-30(38)21-40-9)32(3,4)26(33)13-16-35(27,34)7/h24-28,31H,1,10-22H2,2-9H3/t24?,25-,26+,27-,28+,31-,33+,34-,35-,36-/m1/s1. The monoisotopic (exact) mass is 586 g/mol. The SMILES string of the molecule is C=C(C)C1CC[C@]2(COC(=O)COC)CC[C@]3(C)[C@H](CC[C@@H]4[C@@]5(C)CC[C@H](OC(=O)COC)C(C)(C)[C@@H]5CC[C@]43C)[C@@H]12. The summed E-state index contributed by atoms with van der Waals surface area (Å²) in [6, 6.07) is 0. The van der Waals surface area contributed by atoms with Gasteiger partial charge in [-0.05, 0) is 117 Å². The molecule has 0 saturated heterocycles. The highest BCUT2D eigenvalue weighted by atomic mass is 16.6. The van der Waals surface area contributed by atoms with E-state index in [1.165, 1.54) is 37.7 Å². The lowest BCUT2D eigenvalue weighted by Crippen LogP contribution is -2.67. The molecule has 5 fully saturated rings. The second kappa shape index (κ2) is 11.2. The number of ether oxygens (including phenoxy) is 4. The van der Waals surface area contributed by atoms with Gasteiger partial charge in [0, 0.05) is 25.0 Å². The Hall–Kier alpha value is -1.40. The Labute approximate surface area is 255 Å². The van der Waals surface area contributed by atoms with Gasteiger partial charge in [-0.3, -0.25) is 0 Å². The highest BCUT2D eigenvalue weighted by Crippen LogP contribution is 2.77. The first kappa shape index (κ1) is 32.0. The van der Waals surface area contributed by atoms with E-state index in [1.807, 2.05) is 0 Å². The molecule has 5 rings (SSSR count). The lowest BCUT2D eigenvalue weighted by atomic mass is 9.32. The van der Waals surface area contributed by atoms with Crippen molar-refractivity contribution in [2.75, 3.05) is 34.0 Å². The maximum absolute atomic E-state index is 12.4. The van der Waals surface area contributed by atoms with Crippen LogP contribution in [-0.4, -0.2) is 52.1 Å². The molecule has 0 spiro atoms. The quantitative estimate of drug-likeness (QED) is 0.218. The van der Waals surface area contributed by atoms with Gasteiger partial charge < -0.3 is 18.9 Å². The smallest absolute Gasteiger partial charge is 0.332 e. The highest BCUT2D eigenvalue weighted by Gasteiger charge is 2.71. The Bertz CT molecular complexity index is 1070. The van der Waals surface area contributed by atoms with Gasteiger partial charge in [-0.25, -0.2) is 9.59 Å². The summed E-state index contributed by atoms with van der Waals surface area (Å²) in [5.41, 5.74) is 1.99. The Kier molecular flexibility index (Phi) is 8.53. The maximum atomic E-state index is 12.4. The van der Waals surface area contributed by atoms with Crippen LogP contribution < -0.4 is 0 Å². The largest absolute Gasteiger partial charge is 0.463 e. The summed E-state index contributed by atoms with van der Waals surface area (Å²) in [5.74, 6) is 2.31. The second-order valence-corrected chi connectivity index (χ2v) is 16.4. The average Bonchev–Trinajstić information content (AvgIpc) is 3.30. The molecule has 0 aromatic heterocycles. The molecule has 0 heterocycles. The van der Waals surface area contributed by atoms with Crippen LogP contribution in [0.25, 0.3) is 0 Å². The third-order valence-corrected chi connectivity index (χ3v) is 14.5. The molecular weight excluding hydrogens is 528 g/mol. The molecule has 5 aliphatic carbocycles. The molecule has 5 aliphatic rings. The first-order valence-electron chi connectivity index (χ1n) is 16.7. The fraction of sp³-hybridized carbons (Fsp3) is 0.889. The van der Waals surface area contributed by atoms with Crippen LogP contribution in [-0.2, 0) is 28.5 Å². The van der Waals surface area contributed by atoms with Gasteiger partial charge >= 0.3 is 11.9 Å². The number of hydrogen-bond donors (Lipinski definition) is 0. The lowest BCUT2D eigenvalue weighted by molar-refractivity contribution is -0.252. The van der Waals surface area contributed by atoms with Crippen molar-refractivity contribution >= 4 is 11.9 Å². The number of hydrogen-bond acceptors (Lipinski definition) is 6. The van der Waals surface area contributed by atoms with Gasteiger partial charge in [0.1, 0.15) is 19.3 Å². The first-order valence-corrected chi connectivity index (χ1v) is 16.7. The first-order chi connectivity index (χ1) is 19.7. The number of fused-ring (bicyclic) bond motifs is 7. The molecule has 0 N–H and O–H groups in total. The molecule has 10 atom stereocenters. The summed E-state index contributed by atoms with van der Waals surface area (Å²) in [4.78, 5) is 24.8. The van der Waals surface area contributed by atoms with E-state index in [4.69, 9.17) is 18.9 Å². The Morgan fingerprint density at radius 2 is 1.45 bits per heavy atom. The summed E-state index contributed by atoms with van der Waals surface area (Å²) in [6.45, 7) is 19.9. The van der Waals surface area contributed by atoms with Crippen molar-refractivity contribution < 1.29 is 28.5 Å². The van der Waals surface area contributed by atoms with Crippen molar-refractivity contribution in [3.05, 3.63) is 12.2 Å². The third kappa shape index (κ3) is 4.71. The van der Waals surface area contributed by atoms with Crippen LogP contribution in [0.1, 0.15) is 106 Å². The van der Waals surface area contributed by atoms with Crippen LogP contribution in [0.5, 0.6) is 0 Å². The molecule has 5 saturated carbocycles. The predicted octanol–water partition coefficient (Wildman–Crippen LogP) is 7.39. The molecule has 42 heavy (non-hydrogen) atoms. The minimum absolute atomic E-state index is 0.0219. The Morgan fingerprint density at radius 3 is 2.12 bits per heavy atom.